The van der Waals surface area contributed by atoms with Crippen molar-refractivity contribution >= 4 is 28.3 Å². The van der Waals surface area contributed by atoms with Crippen LogP contribution in [0.3, 0.4) is 0 Å². The van der Waals surface area contributed by atoms with E-state index in [9.17, 15) is 8.42 Å². The molecule has 0 aliphatic carbocycles. The average Bonchev–Trinajstić information content (AvgIpc) is 2.71. The fourth-order valence-corrected chi connectivity index (χ4v) is 6.28. The van der Waals surface area contributed by atoms with Crippen LogP contribution in [0.2, 0.25) is 0 Å². The summed E-state index contributed by atoms with van der Waals surface area (Å²) >= 11 is 2.01. The Hall–Kier alpha value is -1.29. The third-order valence-electron chi connectivity index (χ3n) is 5.38. The second-order valence-corrected chi connectivity index (χ2v) is 10.1. The summed E-state index contributed by atoms with van der Waals surface area (Å²) in [7, 11) is -1.98. The first-order valence-electron chi connectivity index (χ1n) is 9.40. The van der Waals surface area contributed by atoms with Gasteiger partial charge < -0.3 is 9.84 Å². The van der Waals surface area contributed by atoms with E-state index in [2.05, 4.69) is 4.90 Å². The van der Waals surface area contributed by atoms with Gasteiger partial charge in [-0.05, 0) is 49.9 Å². The molecule has 0 aromatic heterocycles. The molecule has 158 valence electrons. The molecule has 0 atom stereocenters. The van der Waals surface area contributed by atoms with Crippen molar-refractivity contribution in [2.45, 2.75) is 37.6 Å². The van der Waals surface area contributed by atoms with E-state index in [1.165, 1.54) is 18.6 Å². The zero-order valence-corrected chi connectivity index (χ0v) is 18.4. The van der Waals surface area contributed by atoms with Gasteiger partial charge in [0.2, 0.25) is 10.0 Å². The van der Waals surface area contributed by atoms with Gasteiger partial charge in [-0.3, -0.25) is 9.69 Å². The molecule has 2 fully saturated rings. The lowest BCUT2D eigenvalue weighted by molar-refractivity contribution is -0.122. The van der Waals surface area contributed by atoms with Crippen LogP contribution in [-0.4, -0.2) is 80.0 Å². The number of aryl methyl sites for hydroxylation is 2. The summed E-state index contributed by atoms with van der Waals surface area (Å²) in [6.07, 6.45) is 1.83. The maximum absolute atomic E-state index is 13.1. The molecule has 0 bridgehead atoms. The highest BCUT2D eigenvalue weighted by molar-refractivity contribution is 7.99. The Labute approximate surface area is 172 Å². The van der Waals surface area contributed by atoms with Crippen LogP contribution in [0.15, 0.2) is 17.0 Å². The maximum atomic E-state index is 13.1. The van der Waals surface area contributed by atoms with Gasteiger partial charge in [0.15, 0.2) is 0 Å². The molecule has 2 heterocycles. The molecule has 1 aromatic rings. The van der Waals surface area contributed by atoms with Gasteiger partial charge in [-0.25, -0.2) is 8.42 Å². The third-order valence-corrected chi connectivity index (χ3v) is 8.25. The summed E-state index contributed by atoms with van der Waals surface area (Å²) < 4.78 is 33.3. The second-order valence-electron chi connectivity index (χ2n) is 6.98. The highest BCUT2D eigenvalue weighted by atomic mass is 32.2. The van der Waals surface area contributed by atoms with Crippen molar-refractivity contribution in [3.05, 3.63) is 23.3 Å². The van der Waals surface area contributed by atoms with E-state index < -0.39 is 10.0 Å². The Bertz CT molecular complexity index is 756. The third kappa shape index (κ3) is 5.40. The summed E-state index contributed by atoms with van der Waals surface area (Å²) in [4.78, 5) is 11.2. The zero-order valence-electron chi connectivity index (χ0n) is 16.8. The summed E-state index contributed by atoms with van der Waals surface area (Å²) in [5.74, 6) is 2.83. The molecule has 2 aliphatic heterocycles. The predicted octanol–water partition coefficient (Wildman–Crippen LogP) is 2.21. The molecular formula is C19H30N2O5S2. The van der Waals surface area contributed by atoms with Crippen LogP contribution in [0.25, 0.3) is 0 Å². The number of nitrogens with zero attached hydrogens (tertiary/aromatic N) is 2. The Kier molecular flexibility index (Phi) is 8.60. The van der Waals surface area contributed by atoms with Crippen LogP contribution in [0.1, 0.15) is 24.0 Å². The molecule has 0 amide bonds. The van der Waals surface area contributed by atoms with Crippen LogP contribution in [-0.2, 0) is 14.8 Å². The number of thioether (sulfide) groups is 1. The smallest absolute Gasteiger partial charge is 0.290 e. The molecular weight excluding hydrogens is 400 g/mol. The molecule has 7 nitrogen and oxygen atoms in total. The number of methoxy groups -OCH3 is 1. The van der Waals surface area contributed by atoms with E-state index >= 15 is 0 Å². The van der Waals surface area contributed by atoms with Crippen LogP contribution in [0.5, 0.6) is 5.75 Å². The summed E-state index contributed by atoms with van der Waals surface area (Å²) in [5.41, 5.74) is 2.01. The highest BCUT2D eigenvalue weighted by Crippen LogP contribution is 2.32. The maximum Gasteiger partial charge on any atom is 0.290 e. The number of rotatable bonds is 4. The topological polar surface area (TPSA) is 87.2 Å². The number of ether oxygens (including phenoxy) is 1. The molecule has 0 unspecified atom stereocenters. The van der Waals surface area contributed by atoms with Gasteiger partial charge in [-0.1, -0.05) is 0 Å². The fraction of sp³-hybridized carbons (Fsp3) is 0.632. The van der Waals surface area contributed by atoms with Gasteiger partial charge in [0.25, 0.3) is 6.47 Å². The molecule has 0 spiro atoms. The van der Waals surface area contributed by atoms with E-state index in [0.717, 1.165) is 37.1 Å². The first kappa shape index (κ1) is 23.0. The lowest BCUT2D eigenvalue weighted by Crippen LogP contribution is -2.49. The molecule has 1 N–H and O–H groups in total. The van der Waals surface area contributed by atoms with Crippen molar-refractivity contribution in [1.29, 1.82) is 0 Å². The van der Waals surface area contributed by atoms with Gasteiger partial charge in [0.05, 0.1) is 7.11 Å². The van der Waals surface area contributed by atoms with Crippen LogP contribution >= 0.6 is 11.8 Å². The number of carboxylic acid groups (broad SMARTS) is 1. The van der Waals surface area contributed by atoms with E-state index in [1.54, 1.807) is 10.4 Å². The number of carbonyl (C=O) groups is 1. The molecule has 9 heteroatoms. The molecule has 1 aromatic carbocycles. The minimum absolute atomic E-state index is 0.250. The van der Waals surface area contributed by atoms with Crippen molar-refractivity contribution in [2.24, 2.45) is 0 Å². The average molecular weight is 431 g/mol. The largest absolute Gasteiger partial charge is 0.495 e. The first-order chi connectivity index (χ1) is 13.3. The molecule has 0 radical (unpaired) electrons. The summed E-state index contributed by atoms with van der Waals surface area (Å²) in [6, 6.07) is 4.09. The molecule has 28 heavy (non-hydrogen) atoms. The second kappa shape index (κ2) is 10.5. The van der Waals surface area contributed by atoms with Crippen LogP contribution < -0.4 is 4.74 Å². The normalized spacial score (nSPS) is 19.5. The summed E-state index contributed by atoms with van der Waals surface area (Å²) in [6.45, 7) is 7.10. The SMILES string of the molecule is COc1cc(C)c(C)cc1S(=O)(=O)N1CCC(N2CCSCC2)CC1.O=CO. The van der Waals surface area contributed by atoms with E-state index in [-0.39, 0.29) is 6.47 Å². The predicted molar refractivity (Wildman–Crippen MR) is 112 cm³/mol. The van der Waals surface area contributed by atoms with E-state index in [0.29, 0.717) is 29.8 Å². The summed E-state index contributed by atoms with van der Waals surface area (Å²) in [5, 5.41) is 6.89. The Morgan fingerprint density at radius 1 is 1.11 bits per heavy atom. The van der Waals surface area contributed by atoms with Crippen LogP contribution in [0.4, 0.5) is 0 Å². The molecule has 2 aliphatic rings. The van der Waals surface area contributed by atoms with E-state index in [1.807, 2.05) is 31.7 Å². The van der Waals surface area contributed by atoms with Crippen molar-refractivity contribution in [2.75, 3.05) is 44.8 Å². The van der Waals surface area contributed by atoms with Gasteiger partial charge in [-0.15, -0.1) is 0 Å². The fourth-order valence-electron chi connectivity index (χ4n) is 3.65. The minimum Gasteiger partial charge on any atom is -0.495 e. The van der Waals surface area contributed by atoms with E-state index in [4.69, 9.17) is 14.6 Å². The van der Waals surface area contributed by atoms with Crippen molar-refractivity contribution in [1.82, 2.24) is 9.21 Å². The Morgan fingerprint density at radius 2 is 1.64 bits per heavy atom. The quantitative estimate of drug-likeness (QED) is 0.733. The molecule has 0 saturated carbocycles. The number of piperidine rings is 1. The first-order valence-corrected chi connectivity index (χ1v) is 12.0. The highest BCUT2D eigenvalue weighted by Gasteiger charge is 2.33. The van der Waals surface area contributed by atoms with Crippen molar-refractivity contribution in [3.63, 3.8) is 0 Å². The van der Waals surface area contributed by atoms with Crippen molar-refractivity contribution < 1.29 is 23.1 Å². The van der Waals surface area contributed by atoms with Gasteiger partial charge in [0, 0.05) is 43.7 Å². The standard InChI is InChI=1S/C18H28N2O3S2.CH2O2/c1-14-12-17(23-3)18(13-15(14)2)25(21,22)20-6-4-16(5-7-20)19-8-10-24-11-9-19;2-1-3/h12-13,16H,4-11H2,1-3H3;1H,(H,2,3). The van der Waals surface area contributed by atoms with Crippen LogP contribution in [0, 0.1) is 13.8 Å². The van der Waals surface area contributed by atoms with Gasteiger partial charge in [-0.2, -0.15) is 16.1 Å². The number of hydrogen-bond acceptors (Lipinski definition) is 6. The number of benzene rings is 1. The molecule has 2 saturated heterocycles. The van der Waals surface area contributed by atoms with Gasteiger partial charge >= 0.3 is 0 Å². The van der Waals surface area contributed by atoms with Crippen molar-refractivity contribution in [3.8, 4) is 5.75 Å². The Balaban J connectivity index is 0.000000878. The Morgan fingerprint density at radius 3 is 2.18 bits per heavy atom. The molecule has 3 rings (SSSR count). The van der Waals surface area contributed by atoms with Gasteiger partial charge in [0.1, 0.15) is 10.6 Å². The minimum atomic E-state index is -3.51. The lowest BCUT2D eigenvalue weighted by Gasteiger charge is -2.39. The lowest BCUT2D eigenvalue weighted by atomic mass is 10.0. The monoisotopic (exact) mass is 430 g/mol. The number of sulfonamides is 1. The number of hydrogen-bond donors (Lipinski definition) is 1. The zero-order chi connectivity index (χ0) is 20.7.